The number of hydrogen-bond donors (Lipinski definition) is 1. The third kappa shape index (κ3) is 1.18. The van der Waals surface area contributed by atoms with Gasteiger partial charge in [-0.2, -0.15) is 0 Å². The molecular formula is C13H22O. The molecule has 0 bridgehead atoms. The molecule has 3 aliphatic carbocycles. The third-order valence-electron chi connectivity index (χ3n) is 5.23. The number of aliphatic hydroxyl groups is 1. The summed E-state index contributed by atoms with van der Waals surface area (Å²) < 4.78 is 0. The predicted molar refractivity (Wildman–Crippen MR) is 57.0 cm³/mol. The van der Waals surface area contributed by atoms with Crippen LogP contribution < -0.4 is 0 Å². The fourth-order valence-electron chi connectivity index (χ4n) is 4.58. The molecule has 3 aliphatic rings. The quantitative estimate of drug-likeness (QED) is 0.628. The Balaban J connectivity index is 1.86. The molecule has 3 fully saturated rings. The number of rotatable bonds is 0. The van der Waals surface area contributed by atoms with Crippen molar-refractivity contribution in [3.8, 4) is 0 Å². The Bertz CT molecular complexity index is 225. The van der Waals surface area contributed by atoms with Gasteiger partial charge in [-0.15, -0.1) is 0 Å². The molecule has 0 spiro atoms. The fraction of sp³-hybridized carbons (Fsp3) is 1.00. The Morgan fingerprint density at radius 1 is 0.929 bits per heavy atom. The first-order valence-corrected chi connectivity index (χ1v) is 6.53. The lowest BCUT2D eigenvalue weighted by atomic mass is 9.70. The molecule has 0 aromatic carbocycles. The molecule has 1 N–H and O–H groups in total. The summed E-state index contributed by atoms with van der Waals surface area (Å²) in [5.41, 5.74) is -0.219. The van der Waals surface area contributed by atoms with Crippen LogP contribution in [0.25, 0.3) is 0 Å². The van der Waals surface area contributed by atoms with Crippen molar-refractivity contribution in [2.45, 2.75) is 63.4 Å². The summed E-state index contributed by atoms with van der Waals surface area (Å²) in [6, 6.07) is 0. The van der Waals surface area contributed by atoms with Crippen molar-refractivity contribution < 1.29 is 5.11 Å². The Morgan fingerprint density at radius 3 is 2.64 bits per heavy atom. The highest BCUT2D eigenvalue weighted by Crippen LogP contribution is 2.56. The maximum Gasteiger partial charge on any atom is 0.0706 e. The average molecular weight is 194 g/mol. The van der Waals surface area contributed by atoms with Gasteiger partial charge in [0.25, 0.3) is 0 Å². The van der Waals surface area contributed by atoms with Crippen LogP contribution in [0.1, 0.15) is 57.8 Å². The molecule has 3 rings (SSSR count). The summed E-state index contributed by atoms with van der Waals surface area (Å²) in [7, 11) is 0. The molecule has 80 valence electrons. The first-order valence-electron chi connectivity index (χ1n) is 6.53. The zero-order valence-corrected chi connectivity index (χ0v) is 9.04. The van der Waals surface area contributed by atoms with Gasteiger partial charge in [0.05, 0.1) is 5.60 Å². The smallest absolute Gasteiger partial charge is 0.0706 e. The molecule has 0 aromatic rings. The minimum absolute atomic E-state index is 0.219. The van der Waals surface area contributed by atoms with Gasteiger partial charge in [-0.05, 0) is 43.4 Å². The van der Waals surface area contributed by atoms with E-state index in [0.717, 1.165) is 12.3 Å². The van der Waals surface area contributed by atoms with Crippen molar-refractivity contribution in [2.75, 3.05) is 0 Å². The Kier molecular flexibility index (Phi) is 2.12. The maximum atomic E-state index is 10.8. The standard InChI is InChI=1S/C13H22O/c14-13-8-4-3-6-11(13)9-10-5-1-2-7-12(10)13/h10-12,14H,1-9H2. The van der Waals surface area contributed by atoms with E-state index >= 15 is 0 Å². The van der Waals surface area contributed by atoms with Gasteiger partial charge in [0.1, 0.15) is 0 Å². The monoisotopic (exact) mass is 194 g/mol. The summed E-state index contributed by atoms with van der Waals surface area (Å²) in [4.78, 5) is 0. The lowest BCUT2D eigenvalue weighted by molar-refractivity contribution is -0.0735. The fourth-order valence-corrected chi connectivity index (χ4v) is 4.58. The molecule has 14 heavy (non-hydrogen) atoms. The summed E-state index contributed by atoms with van der Waals surface area (Å²) in [5.74, 6) is 2.24. The van der Waals surface area contributed by atoms with Crippen molar-refractivity contribution in [1.82, 2.24) is 0 Å². The van der Waals surface area contributed by atoms with Gasteiger partial charge < -0.3 is 5.11 Å². The Morgan fingerprint density at radius 2 is 1.71 bits per heavy atom. The van der Waals surface area contributed by atoms with Crippen LogP contribution in [0, 0.1) is 17.8 Å². The molecule has 1 nitrogen and oxygen atoms in total. The molecule has 3 saturated carbocycles. The summed E-state index contributed by atoms with van der Waals surface area (Å²) >= 11 is 0. The highest BCUT2D eigenvalue weighted by atomic mass is 16.3. The van der Waals surface area contributed by atoms with E-state index in [1.165, 1.54) is 51.4 Å². The summed E-state index contributed by atoms with van der Waals surface area (Å²) in [6.45, 7) is 0. The van der Waals surface area contributed by atoms with Crippen molar-refractivity contribution in [3.05, 3.63) is 0 Å². The predicted octanol–water partition coefficient (Wildman–Crippen LogP) is 3.12. The SMILES string of the molecule is OC12CCCCC1CC1CCCCC12. The molecule has 1 heteroatoms. The van der Waals surface area contributed by atoms with Crippen LogP contribution in [-0.4, -0.2) is 10.7 Å². The van der Waals surface area contributed by atoms with Crippen molar-refractivity contribution in [1.29, 1.82) is 0 Å². The highest BCUT2D eigenvalue weighted by Gasteiger charge is 2.54. The van der Waals surface area contributed by atoms with Crippen LogP contribution in [-0.2, 0) is 0 Å². The second kappa shape index (κ2) is 3.23. The van der Waals surface area contributed by atoms with Crippen molar-refractivity contribution in [3.63, 3.8) is 0 Å². The summed E-state index contributed by atoms with van der Waals surface area (Å²) in [6.07, 6.45) is 11.9. The van der Waals surface area contributed by atoms with Crippen LogP contribution >= 0.6 is 0 Å². The van der Waals surface area contributed by atoms with Crippen molar-refractivity contribution in [2.24, 2.45) is 17.8 Å². The lowest BCUT2D eigenvalue weighted by Crippen LogP contribution is -2.43. The second-order valence-electron chi connectivity index (χ2n) is 5.82. The van der Waals surface area contributed by atoms with Gasteiger partial charge >= 0.3 is 0 Å². The zero-order valence-electron chi connectivity index (χ0n) is 9.04. The maximum absolute atomic E-state index is 10.8. The lowest BCUT2D eigenvalue weighted by Gasteiger charge is -2.41. The van der Waals surface area contributed by atoms with Crippen LogP contribution in [0.5, 0.6) is 0 Å². The molecule has 0 heterocycles. The van der Waals surface area contributed by atoms with E-state index in [2.05, 4.69) is 0 Å². The van der Waals surface area contributed by atoms with Crippen LogP contribution in [0.4, 0.5) is 0 Å². The Labute approximate surface area is 86.9 Å². The van der Waals surface area contributed by atoms with Gasteiger partial charge in [-0.1, -0.05) is 32.1 Å². The largest absolute Gasteiger partial charge is 0.389 e. The number of fused-ring (bicyclic) bond motifs is 3. The van der Waals surface area contributed by atoms with Crippen LogP contribution in [0.3, 0.4) is 0 Å². The number of hydrogen-bond acceptors (Lipinski definition) is 1. The molecule has 0 aliphatic heterocycles. The average Bonchev–Trinajstić information content (AvgIpc) is 2.51. The zero-order chi connectivity index (χ0) is 9.60. The topological polar surface area (TPSA) is 20.2 Å². The van der Waals surface area contributed by atoms with E-state index < -0.39 is 0 Å². The molecule has 4 unspecified atom stereocenters. The summed E-state index contributed by atoms with van der Waals surface area (Å²) in [5, 5.41) is 10.8. The van der Waals surface area contributed by atoms with E-state index in [1.807, 2.05) is 0 Å². The molecule has 0 radical (unpaired) electrons. The van der Waals surface area contributed by atoms with E-state index in [9.17, 15) is 5.11 Å². The molecule has 0 saturated heterocycles. The highest BCUT2D eigenvalue weighted by molar-refractivity contribution is 5.05. The first-order chi connectivity index (χ1) is 6.81. The molecule has 0 amide bonds. The van der Waals surface area contributed by atoms with Gasteiger partial charge in [0.15, 0.2) is 0 Å². The van der Waals surface area contributed by atoms with E-state index in [4.69, 9.17) is 0 Å². The molecular weight excluding hydrogens is 172 g/mol. The van der Waals surface area contributed by atoms with Crippen molar-refractivity contribution >= 4 is 0 Å². The van der Waals surface area contributed by atoms with Crippen LogP contribution in [0.2, 0.25) is 0 Å². The minimum Gasteiger partial charge on any atom is -0.389 e. The van der Waals surface area contributed by atoms with Gasteiger partial charge in [0, 0.05) is 0 Å². The van der Waals surface area contributed by atoms with E-state index in [1.54, 1.807) is 0 Å². The van der Waals surface area contributed by atoms with Gasteiger partial charge in [-0.25, -0.2) is 0 Å². The first kappa shape index (κ1) is 9.21. The normalized spacial score (nSPS) is 52.5. The Hall–Kier alpha value is -0.0400. The molecule has 4 atom stereocenters. The van der Waals surface area contributed by atoms with Gasteiger partial charge in [-0.3, -0.25) is 0 Å². The van der Waals surface area contributed by atoms with Gasteiger partial charge in [0.2, 0.25) is 0 Å². The molecule has 0 aromatic heterocycles. The minimum atomic E-state index is -0.219. The third-order valence-corrected chi connectivity index (χ3v) is 5.23. The van der Waals surface area contributed by atoms with E-state index in [-0.39, 0.29) is 5.60 Å². The van der Waals surface area contributed by atoms with Crippen LogP contribution in [0.15, 0.2) is 0 Å². The van der Waals surface area contributed by atoms with E-state index in [0.29, 0.717) is 11.8 Å². The second-order valence-corrected chi connectivity index (χ2v) is 5.82.